The van der Waals surface area contributed by atoms with Crippen molar-refractivity contribution in [2.24, 2.45) is 5.92 Å². The van der Waals surface area contributed by atoms with Gasteiger partial charge in [0.1, 0.15) is 0 Å². The van der Waals surface area contributed by atoms with Gasteiger partial charge in [-0.15, -0.1) is 11.8 Å². The van der Waals surface area contributed by atoms with E-state index in [4.69, 9.17) is 0 Å². The molecular weight excluding hydrogens is 252 g/mol. The molecule has 3 heteroatoms. The summed E-state index contributed by atoms with van der Waals surface area (Å²) in [5, 5.41) is 4.79. The maximum absolute atomic E-state index is 4.66. The first-order valence-corrected chi connectivity index (χ1v) is 8.61. The van der Waals surface area contributed by atoms with Crippen molar-refractivity contribution in [2.75, 3.05) is 5.75 Å². The Bertz CT molecular complexity index is 423. The number of nitrogens with zero attached hydrogens (tertiary/aromatic N) is 1. The van der Waals surface area contributed by atoms with Gasteiger partial charge in [0.25, 0.3) is 0 Å². The van der Waals surface area contributed by atoms with E-state index in [1.165, 1.54) is 60.4 Å². The summed E-state index contributed by atoms with van der Waals surface area (Å²) in [7, 11) is 0. The average Bonchev–Trinajstić information content (AvgIpc) is 3.10. The molecule has 1 heterocycles. The summed E-state index contributed by atoms with van der Waals surface area (Å²) in [6, 6.07) is 3.08. The Hall–Kier alpha value is -0.540. The predicted molar refractivity (Wildman–Crippen MR) is 81.5 cm³/mol. The van der Waals surface area contributed by atoms with Crippen LogP contribution in [0.25, 0.3) is 0 Å². The molecule has 0 amide bonds. The van der Waals surface area contributed by atoms with E-state index in [1.54, 1.807) is 0 Å². The average molecular weight is 276 g/mol. The van der Waals surface area contributed by atoms with Crippen molar-refractivity contribution in [3.8, 4) is 0 Å². The second-order valence-electron chi connectivity index (χ2n) is 6.08. The zero-order valence-corrected chi connectivity index (χ0v) is 12.6. The van der Waals surface area contributed by atoms with E-state index >= 15 is 0 Å². The van der Waals surface area contributed by atoms with Crippen molar-refractivity contribution in [1.82, 2.24) is 10.3 Å². The third-order valence-electron chi connectivity index (χ3n) is 4.19. The fraction of sp³-hybridized carbons (Fsp3) is 0.688. The summed E-state index contributed by atoms with van der Waals surface area (Å²) in [6.07, 6.45) is 10.5. The standard InChI is InChI=1S/C16H24N2S/c1-12-8-14(9-17-15-6-7-15)10-18-16(12)19-11-13-4-2-3-5-13/h8,10,13,15,17H,2-7,9,11H2,1H3. The molecule has 0 saturated heterocycles. The molecule has 1 aromatic rings. The summed E-state index contributed by atoms with van der Waals surface area (Å²) >= 11 is 1.96. The van der Waals surface area contributed by atoms with Gasteiger partial charge in [-0.25, -0.2) is 4.98 Å². The van der Waals surface area contributed by atoms with Crippen molar-refractivity contribution in [1.29, 1.82) is 0 Å². The first kappa shape index (κ1) is 13.4. The van der Waals surface area contributed by atoms with Crippen molar-refractivity contribution in [3.05, 3.63) is 23.4 Å². The highest BCUT2D eigenvalue weighted by Crippen LogP contribution is 2.31. The van der Waals surface area contributed by atoms with E-state index in [-0.39, 0.29) is 0 Å². The molecule has 1 aromatic heterocycles. The Morgan fingerprint density at radius 1 is 1.26 bits per heavy atom. The highest BCUT2D eigenvalue weighted by molar-refractivity contribution is 7.99. The van der Waals surface area contributed by atoms with E-state index in [0.29, 0.717) is 0 Å². The summed E-state index contributed by atoms with van der Waals surface area (Å²) in [4.78, 5) is 4.66. The van der Waals surface area contributed by atoms with Gasteiger partial charge >= 0.3 is 0 Å². The molecule has 19 heavy (non-hydrogen) atoms. The quantitative estimate of drug-likeness (QED) is 0.797. The van der Waals surface area contributed by atoms with Crippen LogP contribution >= 0.6 is 11.8 Å². The van der Waals surface area contributed by atoms with Gasteiger partial charge in [-0.2, -0.15) is 0 Å². The van der Waals surface area contributed by atoms with Crippen LogP contribution in [-0.4, -0.2) is 16.8 Å². The topological polar surface area (TPSA) is 24.9 Å². The third kappa shape index (κ3) is 3.96. The van der Waals surface area contributed by atoms with E-state index < -0.39 is 0 Å². The highest BCUT2D eigenvalue weighted by Gasteiger charge is 2.20. The normalized spacial score (nSPS) is 20.1. The minimum absolute atomic E-state index is 0.775. The van der Waals surface area contributed by atoms with Gasteiger partial charge in [0.05, 0.1) is 5.03 Å². The summed E-state index contributed by atoms with van der Waals surface area (Å²) in [5.41, 5.74) is 2.67. The van der Waals surface area contributed by atoms with Crippen molar-refractivity contribution in [3.63, 3.8) is 0 Å². The molecule has 2 nitrogen and oxygen atoms in total. The Balaban J connectivity index is 1.52. The van der Waals surface area contributed by atoms with Crippen molar-refractivity contribution in [2.45, 2.75) is 63.1 Å². The largest absolute Gasteiger partial charge is 0.310 e. The van der Waals surface area contributed by atoms with Gasteiger partial charge in [0.15, 0.2) is 0 Å². The van der Waals surface area contributed by atoms with Crippen LogP contribution in [0.3, 0.4) is 0 Å². The molecule has 2 fully saturated rings. The molecule has 0 unspecified atom stereocenters. The molecule has 0 atom stereocenters. The number of pyridine rings is 1. The molecule has 0 aliphatic heterocycles. The number of hydrogen-bond donors (Lipinski definition) is 1. The molecule has 104 valence electrons. The molecule has 0 radical (unpaired) electrons. The highest BCUT2D eigenvalue weighted by atomic mass is 32.2. The second kappa shape index (κ2) is 6.27. The minimum atomic E-state index is 0.775. The predicted octanol–water partition coefficient (Wildman–Crippen LogP) is 3.92. The molecular formula is C16H24N2S. The van der Waals surface area contributed by atoms with Crippen LogP contribution < -0.4 is 5.32 Å². The van der Waals surface area contributed by atoms with Crippen LogP contribution in [0.1, 0.15) is 49.7 Å². The minimum Gasteiger partial charge on any atom is -0.310 e. The van der Waals surface area contributed by atoms with Gasteiger partial charge in [0, 0.05) is 24.5 Å². The number of aryl methyl sites for hydroxylation is 1. The SMILES string of the molecule is Cc1cc(CNC2CC2)cnc1SCC1CCCC1. The van der Waals surface area contributed by atoms with Crippen molar-refractivity contribution < 1.29 is 0 Å². The maximum atomic E-state index is 4.66. The number of aromatic nitrogens is 1. The Morgan fingerprint density at radius 2 is 2.05 bits per heavy atom. The molecule has 0 aromatic carbocycles. The first-order valence-electron chi connectivity index (χ1n) is 7.63. The molecule has 2 saturated carbocycles. The maximum Gasteiger partial charge on any atom is 0.0989 e. The van der Waals surface area contributed by atoms with Crippen molar-refractivity contribution >= 4 is 11.8 Å². The van der Waals surface area contributed by atoms with E-state index in [2.05, 4.69) is 29.5 Å². The summed E-state index contributed by atoms with van der Waals surface area (Å²) in [5.74, 6) is 2.19. The van der Waals surface area contributed by atoms with Gasteiger partial charge in [-0.1, -0.05) is 18.9 Å². The van der Waals surface area contributed by atoms with Gasteiger partial charge in [0.2, 0.25) is 0 Å². The summed E-state index contributed by atoms with van der Waals surface area (Å²) in [6.45, 7) is 3.18. The van der Waals surface area contributed by atoms with Crippen LogP contribution in [-0.2, 0) is 6.54 Å². The van der Waals surface area contributed by atoms with Gasteiger partial charge in [-0.05, 0) is 49.7 Å². The Kier molecular flexibility index (Phi) is 4.44. The van der Waals surface area contributed by atoms with Crippen LogP contribution in [0.5, 0.6) is 0 Å². The fourth-order valence-corrected chi connectivity index (χ4v) is 3.93. The van der Waals surface area contributed by atoms with Crippen LogP contribution in [0.4, 0.5) is 0 Å². The van der Waals surface area contributed by atoms with Crippen LogP contribution in [0.15, 0.2) is 17.3 Å². The van der Waals surface area contributed by atoms with Gasteiger partial charge < -0.3 is 5.32 Å². The number of hydrogen-bond acceptors (Lipinski definition) is 3. The lowest BCUT2D eigenvalue weighted by Crippen LogP contribution is -2.15. The Morgan fingerprint density at radius 3 is 2.74 bits per heavy atom. The lowest BCUT2D eigenvalue weighted by atomic mass is 10.1. The van der Waals surface area contributed by atoms with E-state index in [0.717, 1.165) is 18.5 Å². The molecule has 3 rings (SSSR count). The molecule has 0 bridgehead atoms. The van der Waals surface area contributed by atoms with E-state index in [1.807, 2.05) is 11.8 Å². The van der Waals surface area contributed by atoms with Crippen LogP contribution in [0, 0.1) is 12.8 Å². The number of rotatable bonds is 6. The second-order valence-corrected chi connectivity index (χ2v) is 7.09. The van der Waals surface area contributed by atoms with Gasteiger partial charge in [-0.3, -0.25) is 0 Å². The lowest BCUT2D eigenvalue weighted by Gasteiger charge is -2.11. The molecule has 2 aliphatic rings. The zero-order chi connectivity index (χ0) is 13.1. The number of thioether (sulfide) groups is 1. The third-order valence-corrected chi connectivity index (χ3v) is 5.53. The molecule has 0 spiro atoms. The molecule has 2 aliphatic carbocycles. The smallest absolute Gasteiger partial charge is 0.0989 e. The molecule has 1 N–H and O–H groups in total. The summed E-state index contributed by atoms with van der Waals surface area (Å²) < 4.78 is 0. The van der Waals surface area contributed by atoms with E-state index in [9.17, 15) is 0 Å². The number of nitrogens with one attached hydrogen (secondary N) is 1. The fourth-order valence-electron chi connectivity index (χ4n) is 2.79. The lowest BCUT2D eigenvalue weighted by molar-refractivity contribution is 0.622. The zero-order valence-electron chi connectivity index (χ0n) is 11.8. The first-order chi connectivity index (χ1) is 9.31. The van der Waals surface area contributed by atoms with Crippen LogP contribution in [0.2, 0.25) is 0 Å². The monoisotopic (exact) mass is 276 g/mol. The Labute approximate surface area is 120 Å².